The van der Waals surface area contributed by atoms with Gasteiger partial charge in [-0.05, 0) is 0 Å². The van der Waals surface area contributed by atoms with Crippen LogP contribution in [0.25, 0.3) is 0 Å². The minimum absolute atomic E-state index is 0.0703. The summed E-state index contributed by atoms with van der Waals surface area (Å²) in [4.78, 5) is 11.4. The third kappa shape index (κ3) is 2.82. The molecule has 0 aliphatic rings. The topological polar surface area (TPSA) is 75.8 Å². The first kappa shape index (κ1) is 13.2. The summed E-state index contributed by atoms with van der Waals surface area (Å²) in [7, 11) is 2.87. The average molecular weight is 244 g/mol. The van der Waals surface area contributed by atoms with Crippen LogP contribution in [0.2, 0.25) is 0 Å². The molecule has 0 saturated heterocycles. The number of ether oxygens (including phenoxy) is 1. The van der Waals surface area contributed by atoms with E-state index in [9.17, 15) is 14.5 Å². The number of aliphatic hydroxyl groups excluding tert-OH is 1. The molecule has 0 amide bonds. The first-order chi connectivity index (χ1) is 8.01. The van der Waals surface area contributed by atoms with E-state index in [-0.39, 0.29) is 24.6 Å². The highest BCUT2D eigenvalue weighted by Gasteiger charge is 2.24. The summed E-state index contributed by atoms with van der Waals surface area (Å²) in [5, 5.41) is 19.6. The van der Waals surface area contributed by atoms with Crippen molar-refractivity contribution in [2.45, 2.75) is 0 Å². The minimum atomic E-state index is -0.964. The van der Waals surface area contributed by atoms with Gasteiger partial charge in [-0.3, -0.25) is 10.1 Å². The van der Waals surface area contributed by atoms with Crippen molar-refractivity contribution in [3.05, 3.63) is 28.1 Å². The van der Waals surface area contributed by atoms with Gasteiger partial charge in [0, 0.05) is 25.7 Å². The van der Waals surface area contributed by atoms with Gasteiger partial charge in [0.1, 0.15) is 11.4 Å². The Morgan fingerprint density at radius 1 is 1.59 bits per heavy atom. The van der Waals surface area contributed by atoms with Gasteiger partial charge in [-0.1, -0.05) is 0 Å². The van der Waals surface area contributed by atoms with Gasteiger partial charge < -0.3 is 14.7 Å². The van der Waals surface area contributed by atoms with Crippen molar-refractivity contribution in [3.63, 3.8) is 0 Å². The van der Waals surface area contributed by atoms with E-state index in [0.717, 1.165) is 6.07 Å². The van der Waals surface area contributed by atoms with Crippen molar-refractivity contribution in [2.75, 3.05) is 32.2 Å². The first-order valence-electron chi connectivity index (χ1n) is 4.85. The number of halogens is 1. The predicted molar refractivity (Wildman–Crippen MR) is 60.0 cm³/mol. The van der Waals surface area contributed by atoms with Crippen molar-refractivity contribution >= 4 is 11.4 Å². The van der Waals surface area contributed by atoms with Gasteiger partial charge in [0.2, 0.25) is 5.82 Å². The zero-order valence-corrected chi connectivity index (χ0v) is 9.51. The molecule has 1 aromatic rings. The lowest BCUT2D eigenvalue weighted by Gasteiger charge is -2.18. The molecule has 94 valence electrons. The van der Waals surface area contributed by atoms with Crippen LogP contribution in [0.1, 0.15) is 0 Å². The Kier molecular flexibility index (Phi) is 4.22. The lowest BCUT2D eigenvalue weighted by Crippen LogP contribution is -2.22. The molecule has 6 nitrogen and oxygen atoms in total. The van der Waals surface area contributed by atoms with Gasteiger partial charge in [-0.25, -0.2) is 0 Å². The normalized spacial score (nSPS) is 10.1. The van der Waals surface area contributed by atoms with Crippen LogP contribution >= 0.6 is 0 Å². The fourth-order valence-electron chi connectivity index (χ4n) is 1.42. The Bertz CT molecular complexity index is 425. The van der Waals surface area contributed by atoms with Crippen LogP contribution in [0.5, 0.6) is 5.75 Å². The van der Waals surface area contributed by atoms with E-state index in [4.69, 9.17) is 9.84 Å². The molecular formula is C10H13FN2O4. The number of nitro benzene ring substituents is 1. The summed E-state index contributed by atoms with van der Waals surface area (Å²) < 4.78 is 18.4. The second kappa shape index (κ2) is 5.44. The zero-order valence-electron chi connectivity index (χ0n) is 9.51. The number of hydrogen-bond acceptors (Lipinski definition) is 5. The molecule has 7 heteroatoms. The minimum Gasteiger partial charge on any atom is -0.497 e. The lowest BCUT2D eigenvalue weighted by atomic mass is 10.2. The molecule has 0 bridgehead atoms. The van der Waals surface area contributed by atoms with E-state index in [0.29, 0.717) is 0 Å². The van der Waals surface area contributed by atoms with Crippen LogP contribution in [-0.2, 0) is 0 Å². The molecule has 0 unspecified atom stereocenters. The standard InChI is InChI=1S/C10H13FN2O4/c1-12(3-4-14)9-6-7(17-2)5-8(11)10(9)13(15)16/h5-6,14H,3-4H2,1-2H3. The van der Waals surface area contributed by atoms with Crippen molar-refractivity contribution < 1.29 is 19.2 Å². The molecule has 0 aliphatic carbocycles. The third-order valence-electron chi connectivity index (χ3n) is 2.28. The number of likely N-dealkylation sites (N-methyl/N-ethyl adjacent to an activating group) is 1. The Balaban J connectivity index is 3.31. The number of aliphatic hydroxyl groups is 1. The average Bonchev–Trinajstić information content (AvgIpc) is 2.27. The van der Waals surface area contributed by atoms with Crippen LogP contribution in [-0.4, -0.2) is 37.3 Å². The molecular weight excluding hydrogens is 231 g/mol. The molecule has 0 spiro atoms. The summed E-state index contributed by atoms with van der Waals surface area (Å²) in [5.41, 5.74) is -0.553. The Labute approximate surface area is 97.4 Å². The SMILES string of the molecule is COc1cc(F)c([N+](=O)[O-])c(N(C)CCO)c1. The highest BCUT2D eigenvalue weighted by Crippen LogP contribution is 2.34. The molecule has 17 heavy (non-hydrogen) atoms. The Hall–Kier alpha value is -1.89. The predicted octanol–water partition coefficient (Wildman–Crippen LogP) is 1.17. The summed E-state index contributed by atoms with van der Waals surface area (Å²) in [6.07, 6.45) is 0. The fraction of sp³-hybridized carbons (Fsp3) is 0.400. The van der Waals surface area contributed by atoms with Crippen LogP contribution in [0, 0.1) is 15.9 Å². The number of methoxy groups -OCH3 is 1. The molecule has 0 aliphatic heterocycles. The molecule has 0 radical (unpaired) electrons. The van der Waals surface area contributed by atoms with Crippen molar-refractivity contribution in [1.29, 1.82) is 0 Å². The van der Waals surface area contributed by atoms with E-state index in [1.807, 2.05) is 0 Å². The van der Waals surface area contributed by atoms with E-state index < -0.39 is 16.4 Å². The third-order valence-corrected chi connectivity index (χ3v) is 2.28. The van der Waals surface area contributed by atoms with Gasteiger partial charge in [0.25, 0.3) is 0 Å². The van der Waals surface area contributed by atoms with Gasteiger partial charge in [-0.15, -0.1) is 0 Å². The maximum Gasteiger partial charge on any atom is 0.328 e. The van der Waals surface area contributed by atoms with Gasteiger partial charge in [-0.2, -0.15) is 4.39 Å². The maximum atomic E-state index is 13.5. The van der Waals surface area contributed by atoms with Crippen molar-refractivity contribution in [3.8, 4) is 5.75 Å². The Morgan fingerprint density at radius 2 is 2.24 bits per heavy atom. The highest BCUT2D eigenvalue weighted by atomic mass is 19.1. The van der Waals surface area contributed by atoms with Crippen molar-refractivity contribution in [2.24, 2.45) is 0 Å². The van der Waals surface area contributed by atoms with Crippen LogP contribution in [0.15, 0.2) is 12.1 Å². The van der Waals surface area contributed by atoms with Gasteiger partial charge in [0.05, 0.1) is 18.6 Å². The zero-order chi connectivity index (χ0) is 13.0. The molecule has 0 saturated carbocycles. The summed E-state index contributed by atoms with van der Waals surface area (Å²) in [6.45, 7) is -0.0278. The Morgan fingerprint density at radius 3 is 2.71 bits per heavy atom. The monoisotopic (exact) mass is 244 g/mol. The second-order valence-electron chi connectivity index (χ2n) is 3.38. The smallest absolute Gasteiger partial charge is 0.328 e. The number of nitrogens with zero attached hydrogens (tertiary/aromatic N) is 2. The first-order valence-corrected chi connectivity index (χ1v) is 4.85. The van der Waals surface area contributed by atoms with E-state index in [2.05, 4.69) is 0 Å². The molecule has 0 fully saturated rings. The van der Waals surface area contributed by atoms with Gasteiger partial charge in [0.15, 0.2) is 0 Å². The molecule has 1 rings (SSSR count). The maximum absolute atomic E-state index is 13.5. The van der Waals surface area contributed by atoms with Gasteiger partial charge >= 0.3 is 5.69 Å². The summed E-state index contributed by atoms with van der Waals surface area (Å²) in [5.74, 6) is -0.776. The van der Waals surface area contributed by atoms with Crippen LogP contribution in [0.4, 0.5) is 15.8 Å². The number of rotatable bonds is 5. The number of nitro groups is 1. The highest BCUT2D eigenvalue weighted by molar-refractivity contribution is 5.66. The summed E-state index contributed by atoms with van der Waals surface area (Å²) in [6, 6.07) is 2.31. The summed E-state index contributed by atoms with van der Waals surface area (Å²) >= 11 is 0. The molecule has 1 aromatic carbocycles. The molecule has 0 atom stereocenters. The molecule has 0 heterocycles. The quantitative estimate of drug-likeness (QED) is 0.621. The largest absolute Gasteiger partial charge is 0.497 e. The number of anilines is 1. The molecule has 0 aromatic heterocycles. The van der Waals surface area contributed by atoms with Crippen molar-refractivity contribution in [1.82, 2.24) is 0 Å². The number of hydrogen-bond donors (Lipinski definition) is 1. The van der Waals surface area contributed by atoms with E-state index in [1.165, 1.54) is 25.1 Å². The van der Waals surface area contributed by atoms with Crippen LogP contribution in [0.3, 0.4) is 0 Å². The second-order valence-corrected chi connectivity index (χ2v) is 3.38. The van der Waals surface area contributed by atoms with Crippen LogP contribution < -0.4 is 9.64 Å². The van der Waals surface area contributed by atoms with E-state index in [1.54, 1.807) is 0 Å². The molecule has 1 N–H and O–H groups in total. The van der Waals surface area contributed by atoms with E-state index >= 15 is 0 Å². The lowest BCUT2D eigenvalue weighted by molar-refractivity contribution is -0.386. The fourth-order valence-corrected chi connectivity index (χ4v) is 1.42. The number of benzene rings is 1.